The number of nitrogens with one attached hydrogen (secondary N) is 1. The summed E-state index contributed by atoms with van der Waals surface area (Å²) in [6.45, 7) is 2.90. The van der Waals surface area contributed by atoms with Gasteiger partial charge in [-0.3, -0.25) is 0 Å². The Labute approximate surface area is 144 Å². The van der Waals surface area contributed by atoms with Crippen LogP contribution in [0.1, 0.15) is 35.2 Å². The van der Waals surface area contributed by atoms with Crippen LogP contribution in [0.5, 0.6) is 11.5 Å². The molecule has 134 valence electrons. The first-order chi connectivity index (χ1) is 12.0. The van der Waals surface area contributed by atoms with Crippen molar-refractivity contribution in [2.75, 3.05) is 20.3 Å². The van der Waals surface area contributed by atoms with Gasteiger partial charge in [0.25, 0.3) is 0 Å². The van der Waals surface area contributed by atoms with Gasteiger partial charge in [-0.1, -0.05) is 24.3 Å². The van der Waals surface area contributed by atoms with Crippen molar-refractivity contribution >= 4 is 0 Å². The fourth-order valence-electron chi connectivity index (χ4n) is 3.35. The summed E-state index contributed by atoms with van der Waals surface area (Å²) in [6.07, 6.45) is -3.72. The van der Waals surface area contributed by atoms with Crippen molar-refractivity contribution in [3.8, 4) is 11.5 Å². The molecule has 3 nitrogen and oxygen atoms in total. The lowest BCUT2D eigenvalue weighted by Gasteiger charge is -2.31. The molecule has 1 N–H and O–H groups in total. The Morgan fingerprint density at radius 3 is 2.56 bits per heavy atom. The first kappa shape index (κ1) is 17.6. The number of alkyl halides is 3. The molecule has 1 heterocycles. The summed E-state index contributed by atoms with van der Waals surface area (Å²) in [4.78, 5) is 0. The predicted molar refractivity (Wildman–Crippen MR) is 89.2 cm³/mol. The van der Waals surface area contributed by atoms with Crippen LogP contribution >= 0.6 is 0 Å². The maximum absolute atomic E-state index is 13.4. The number of fused-ring (bicyclic) bond motifs is 1. The van der Waals surface area contributed by atoms with Crippen molar-refractivity contribution in [2.24, 2.45) is 0 Å². The third-order valence-corrected chi connectivity index (χ3v) is 4.38. The molecular formula is C19H20F3NO2. The van der Waals surface area contributed by atoms with Gasteiger partial charge in [0.1, 0.15) is 0 Å². The van der Waals surface area contributed by atoms with Gasteiger partial charge < -0.3 is 14.8 Å². The number of methoxy groups -OCH3 is 1. The fourth-order valence-corrected chi connectivity index (χ4v) is 3.35. The topological polar surface area (TPSA) is 30.5 Å². The molecule has 0 spiro atoms. The highest BCUT2D eigenvalue weighted by Gasteiger charge is 2.37. The first-order valence-corrected chi connectivity index (χ1v) is 8.19. The largest absolute Gasteiger partial charge is 0.493 e. The Hall–Kier alpha value is -2.21. The predicted octanol–water partition coefficient (Wildman–Crippen LogP) is 4.35. The lowest BCUT2D eigenvalue weighted by Crippen LogP contribution is -2.32. The van der Waals surface area contributed by atoms with E-state index in [1.807, 2.05) is 13.0 Å². The number of hydrogen-bond acceptors (Lipinski definition) is 3. The maximum Gasteiger partial charge on any atom is 0.416 e. The molecule has 0 saturated carbocycles. The standard InChI is InChI=1S/C19H20F3NO2/c1-3-25-18-13-10-11-23-17(12(13)8-9-16(18)24-2)14-6-4-5-7-15(14)19(20,21)22/h4-9,17,23H,3,10-11H2,1-2H3. The quantitative estimate of drug-likeness (QED) is 0.888. The molecule has 25 heavy (non-hydrogen) atoms. The van der Waals surface area contributed by atoms with Gasteiger partial charge in [-0.2, -0.15) is 13.2 Å². The van der Waals surface area contributed by atoms with Crippen molar-refractivity contribution in [1.29, 1.82) is 0 Å². The number of benzene rings is 2. The molecule has 0 saturated heterocycles. The highest BCUT2D eigenvalue weighted by molar-refractivity contribution is 5.55. The molecule has 1 aliphatic rings. The minimum atomic E-state index is -4.40. The molecule has 0 fully saturated rings. The lowest BCUT2D eigenvalue weighted by atomic mass is 9.87. The van der Waals surface area contributed by atoms with Gasteiger partial charge in [0.05, 0.1) is 25.3 Å². The second kappa shape index (κ2) is 6.96. The normalized spacial score (nSPS) is 17.1. The third-order valence-electron chi connectivity index (χ3n) is 4.38. The van der Waals surface area contributed by atoms with Crippen LogP contribution in [0, 0.1) is 0 Å². The van der Waals surface area contributed by atoms with Crippen molar-refractivity contribution in [3.05, 3.63) is 58.7 Å². The van der Waals surface area contributed by atoms with E-state index < -0.39 is 17.8 Å². The molecule has 6 heteroatoms. The second-order valence-corrected chi connectivity index (χ2v) is 5.82. The number of ether oxygens (including phenoxy) is 2. The molecule has 3 rings (SSSR count). The van der Waals surface area contributed by atoms with Crippen LogP contribution in [0.4, 0.5) is 13.2 Å². The fraction of sp³-hybridized carbons (Fsp3) is 0.368. The highest BCUT2D eigenvalue weighted by atomic mass is 19.4. The monoisotopic (exact) mass is 351 g/mol. The van der Waals surface area contributed by atoms with Crippen LogP contribution in [-0.4, -0.2) is 20.3 Å². The number of halogens is 3. The average molecular weight is 351 g/mol. The van der Waals surface area contributed by atoms with Gasteiger partial charge in [0, 0.05) is 12.1 Å². The molecule has 0 aromatic heterocycles. The summed E-state index contributed by atoms with van der Waals surface area (Å²) in [5, 5.41) is 3.21. The number of hydrogen-bond donors (Lipinski definition) is 1. The van der Waals surface area contributed by atoms with E-state index in [4.69, 9.17) is 9.47 Å². The summed E-state index contributed by atoms with van der Waals surface area (Å²) in [5.41, 5.74) is 1.31. The average Bonchev–Trinajstić information content (AvgIpc) is 2.61. The molecule has 2 aromatic carbocycles. The van der Waals surface area contributed by atoms with E-state index in [1.165, 1.54) is 12.1 Å². The molecule has 0 aliphatic carbocycles. The zero-order valence-electron chi connectivity index (χ0n) is 14.1. The van der Waals surface area contributed by atoms with E-state index in [9.17, 15) is 13.2 Å². The minimum Gasteiger partial charge on any atom is -0.493 e. The van der Waals surface area contributed by atoms with Gasteiger partial charge in [0.2, 0.25) is 0 Å². The zero-order valence-corrected chi connectivity index (χ0v) is 14.1. The third kappa shape index (κ3) is 3.31. The Kier molecular flexibility index (Phi) is 4.90. The van der Waals surface area contributed by atoms with Crippen LogP contribution in [0.2, 0.25) is 0 Å². The van der Waals surface area contributed by atoms with E-state index >= 15 is 0 Å². The number of rotatable bonds is 4. The van der Waals surface area contributed by atoms with E-state index in [0.29, 0.717) is 31.1 Å². The minimum absolute atomic E-state index is 0.226. The molecule has 1 aliphatic heterocycles. The second-order valence-electron chi connectivity index (χ2n) is 5.82. The van der Waals surface area contributed by atoms with Gasteiger partial charge in [0.15, 0.2) is 11.5 Å². The summed E-state index contributed by atoms with van der Waals surface area (Å²) in [7, 11) is 1.56. The van der Waals surface area contributed by atoms with Crippen LogP contribution < -0.4 is 14.8 Å². The highest BCUT2D eigenvalue weighted by Crippen LogP contribution is 2.42. The Morgan fingerprint density at radius 2 is 1.88 bits per heavy atom. The molecule has 1 atom stereocenters. The van der Waals surface area contributed by atoms with Gasteiger partial charge in [-0.05, 0) is 36.6 Å². The molecule has 0 bridgehead atoms. The van der Waals surface area contributed by atoms with E-state index in [2.05, 4.69) is 5.32 Å². The van der Waals surface area contributed by atoms with Gasteiger partial charge >= 0.3 is 6.18 Å². The molecule has 1 unspecified atom stereocenters. The van der Waals surface area contributed by atoms with Crippen LogP contribution in [0.25, 0.3) is 0 Å². The van der Waals surface area contributed by atoms with Crippen LogP contribution in [0.3, 0.4) is 0 Å². The maximum atomic E-state index is 13.4. The van der Waals surface area contributed by atoms with Crippen molar-refractivity contribution < 1.29 is 22.6 Å². The first-order valence-electron chi connectivity index (χ1n) is 8.19. The Morgan fingerprint density at radius 1 is 1.12 bits per heavy atom. The summed E-state index contributed by atoms with van der Waals surface area (Å²) in [6, 6.07) is 8.73. The van der Waals surface area contributed by atoms with Crippen molar-refractivity contribution in [2.45, 2.75) is 25.6 Å². The Balaban J connectivity index is 2.14. The smallest absolute Gasteiger partial charge is 0.416 e. The van der Waals surface area contributed by atoms with E-state index in [-0.39, 0.29) is 5.56 Å². The summed E-state index contributed by atoms with van der Waals surface area (Å²) in [5.74, 6) is 1.23. The van der Waals surface area contributed by atoms with Crippen molar-refractivity contribution in [3.63, 3.8) is 0 Å². The summed E-state index contributed by atoms with van der Waals surface area (Å²) >= 11 is 0. The van der Waals surface area contributed by atoms with E-state index in [1.54, 1.807) is 19.2 Å². The van der Waals surface area contributed by atoms with E-state index in [0.717, 1.165) is 17.2 Å². The molecular weight excluding hydrogens is 331 g/mol. The summed E-state index contributed by atoms with van der Waals surface area (Å²) < 4.78 is 51.4. The van der Waals surface area contributed by atoms with Crippen LogP contribution in [0.15, 0.2) is 36.4 Å². The molecule has 0 amide bonds. The van der Waals surface area contributed by atoms with Crippen LogP contribution in [-0.2, 0) is 12.6 Å². The van der Waals surface area contributed by atoms with Crippen molar-refractivity contribution in [1.82, 2.24) is 5.32 Å². The van der Waals surface area contributed by atoms with Gasteiger partial charge in [-0.25, -0.2) is 0 Å². The zero-order chi connectivity index (χ0) is 18.0. The molecule has 2 aromatic rings. The lowest BCUT2D eigenvalue weighted by molar-refractivity contribution is -0.138. The van der Waals surface area contributed by atoms with Gasteiger partial charge in [-0.15, -0.1) is 0 Å². The molecule has 0 radical (unpaired) electrons. The SMILES string of the molecule is CCOc1c(OC)ccc2c1CCNC2c1ccccc1C(F)(F)F. The Bertz CT molecular complexity index is 759.